The molecule has 0 heterocycles. The monoisotopic (exact) mass is 446 g/mol. The molecule has 0 bridgehead atoms. The Morgan fingerprint density at radius 1 is 1.29 bits per heavy atom. The summed E-state index contributed by atoms with van der Waals surface area (Å²) in [6.45, 7) is 5.83. The summed E-state index contributed by atoms with van der Waals surface area (Å²) >= 11 is 0. The number of carboxylic acid groups (broad SMARTS) is 1. The van der Waals surface area contributed by atoms with Crippen LogP contribution in [0.2, 0.25) is 0 Å². The predicted molar refractivity (Wildman–Crippen MR) is 109 cm³/mol. The van der Waals surface area contributed by atoms with Crippen molar-refractivity contribution in [2.24, 2.45) is 23.7 Å². The Morgan fingerprint density at radius 2 is 1.97 bits per heavy atom. The summed E-state index contributed by atoms with van der Waals surface area (Å²) in [7, 11) is 0. The zero-order valence-corrected chi connectivity index (χ0v) is 21.1. The quantitative estimate of drug-likeness (QED) is 0.265. The van der Waals surface area contributed by atoms with Crippen LogP contribution in [0.3, 0.4) is 0 Å². The number of hydrogen-bond acceptors (Lipinski definition) is 7. The van der Waals surface area contributed by atoms with Gasteiger partial charge in [0, 0.05) is 24.7 Å². The Labute approximate surface area is 206 Å². The van der Waals surface area contributed by atoms with E-state index in [4.69, 9.17) is 4.74 Å². The van der Waals surface area contributed by atoms with Gasteiger partial charge in [0.25, 0.3) is 0 Å². The first kappa shape index (κ1) is 28.3. The minimum atomic E-state index is -1.35. The Kier molecular flexibility index (Phi) is 12.0. The SMILES string of the molecule is CCC(C)C(=O)O[C@H]1C[C@H](O)C=C2C=C[C@H](C)[C@H](CC[C@@H](O)C[C@@H](O)CC(=O)[O-])[C@H]21.[Na+]. The first-order valence-electron chi connectivity index (χ1n) is 11.0. The summed E-state index contributed by atoms with van der Waals surface area (Å²) < 4.78 is 5.83. The van der Waals surface area contributed by atoms with E-state index in [1.807, 2.05) is 26.0 Å². The van der Waals surface area contributed by atoms with Crippen LogP contribution >= 0.6 is 0 Å². The van der Waals surface area contributed by atoms with Gasteiger partial charge in [0.05, 0.1) is 24.2 Å². The van der Waals surface area contributed by atoms with E-state index >= 15 is 0 Å². The van der Waals surface area contributed by atoms with Crippen molar-refractivity contribution in [1.29, 1.82) is 0 Å². The molecule has 31 heavy (non-hydrogen) atoms. The summed E-state index contributed by atoms with van der Waals surface area (Å²) in [6.07, 6.45) is 4.31. The second-order valence-electron chi connectivity index (χ2n) is 8.86. The van der Waals surface area contributed by atoms with E-state index in [9.17, 15) is 30.0 Å². The van der Waals surface area contributed by atoms with E-state index in [0.29, 0.717) is 25.7 Å². The Bertz CT molecular complexity index is 662. The van der Waals surface area contributed by atoms with Crippen molar-refractivity contribution >= 4 is 11.9 Å². The van der Waals surface area contributed by atoms with Crippen molar-refractivity contribution < 1.29 is 64.3 Å². The number of carbonyl (C=O) groups is 2. The molecular weight excluding hydrogens is 411 g/mol. The summed E-state index contributed by atoms with van der Waals surface area (Å²) in [5, 5.41) is 40.8. The third-order valence-corrected chi connectivity index (χ3v) is 6.43. The first-order chi connectivity index (χ1) is 14.1. The van der Waals surface area contributed by atoms with Crippen molar-refractivity contribution in [3.63, 3.8) is 0 Å². The smallest absolute Gasteiger partial charge is 0.550 e. The standard InChI is InChI=1S/C23H36O7.Na/c1-4-13(2)23(29)30-20-11-17(25)9-15-6-5-14(3)19(22(15)20)8-7-16(24)10-18(26)12-21(27)28;/h5-6,9,13-14,16-20,22,24-26H,4,7-8,10-12H2,1-3H3,(H,27,28);/q;+1/p-1/t13?,14-,16+,17+,18+,19-,20-,22-;/m0./s1. The maximum atomic E-state index is 12.4. The maximum Gasteiger partial charge on any atom is 1.00 e. The minimum Gasteiger partial charge on any atom is -0.550 e. The Morgan fingerprint density at radius 3 is 2.58 bits per heavy atom. The predicted octanol–water partition coefficient (Wildman–Crippen LogP) is -1.89. The van der Waals surface area contributed by atoms with Gasteiger partial charge in [0.1, 0.15) is 6.10 Å². The fourth-order valence-corrected chi connectivity index (χ4v) is 4.51. The molecule has 0 amide bonds. The second-order valence-corrected chi connectivity index (χ2v) is 8.86. The van der Waals surface area contributed by atoms with Crippen LogP contribution in [0.15, 0.2) is 23.8 Å². The molecular formula is C23H35NaO7. The molecule has 7 nitrogen and oxygen atoms in total. The normalized spacial score (nSPS) is 30.3. The molecule has 2 rings (SSSR count). The molecule has 0 aromatic carbocycles. The van der Waals surface area contributed by atoms with Crippen LogP contribution < -0.4 is 34.7 Å². The van der Waals surface area contributed by atoms with E-state index in [2.05, 4.69) is 13.0 Å². The molecule has 3 N–H and O–H groups in total. The summed E-state index contributed by atoms with van der Waals surface area (Å²) in [5.41, 5.74) is 0.949. The third-order valence-electron chi connectivity index (χ3n) is 6.43. The molecule has 2 aliphatic rings. The summed E-state index contributed by atoms with van der Waals surface area (Å²) in [4.78, 5) is 23.0. The zero-order chi connectivity index (χ0) is 22.4. The number of esters is 1. The second kappa shape index (κ2) is 13.1. The number of allylic oxidation sites excluding steroid dienone is 2. The van der Waals surface area contributed by atoms with Crippen LogP contribution in [0, 0.1) is 23.7 Å². The van der Waals surface area contributed by atoms with Crippen molar-refractivity contribution in [2.75, 3.05) is 0 Å². The van der Waals surface area contributed by atoms with Gasteiger partial charge < -0.3 is 30.0 Å². The molecule has 0 aromatic rings. The number of aliphatic carboxylic acids is 1. The number of hydrogen-bond donors (Lipinski definition) is 3. The Hall–Kier alpha value is -0.700. The molecule has 8 heteroatoms. The van der Waals surface area contributed by atoms with Crippen LogP contribution in [0.1, 0.15) is 59.3 Å². The number of carbonyl (C=O) groups excluding carboxylic acids is 2. The molecule has 1 unspecified atom stereocenters. The van der Waals surface area contributed by atoms with Gasteiger partial charge in [0.2, 0.25) is 0 Å². The van der Waals surface area contributed by atoms with Crippen molar-refractivity contribution in [3.05, 3.63) is 23.8 Å². The third kappa shape index (κ3) is 8.30. The van der Waals surface area contributed by atoms with E-state index in [-0.39, 0.29) is 65.6 Å². The van der Waals surface area contributed by atoms with Crippen molar-refractivity contribution in [1.82, 2.24) is 0 Å². The van der Waals surface area contributed by atoms with Gasteiger partial charge in [-0.3, -0.25) is 4.79 Å². The number of rotatable bonds is 10. The van der Waals surface area contributed by atoms with Crippen LogP contribution in [0.25, 0.3) is 0 Å². The van der Waals surface area contributed by atoms with Gasteiger partial charge in [-0.15, -0.1) is 0 Å². The average Bonchev–Trinajstić information content (AvgIpc) is 2.65. The van der Waals surface area contributed by atoms with Gasteiger partial charge in [0.15, 0.2) is 0 Å². The molecule has 0 spiro atoms. The number of ether oxygens (including phenoxy) is 1. The molecule has 0 saturated heterocycles. The number of fused-ring (bicyclic) bond motifs is 1. The molecule has 0 fully saturated rings. The van der Waals surface area contributed by atoms with Crippen LogP contribution in [-0.2, 0) is 14.3 Å². The first-order valence-corrected chi connectivity index (χ1v) is 11.0. The van der Waals surface area contributed by atoms with Crippen LogP contribution in [0.5, 0.6) is 0 Å². The van der Waals surface area contributed by atoms with Gasteiger partial charge in [-0.2, -0.15) is 0 Å². The maximum absolute atomic E-state index is 12.4. The number of carboxylic acids is 1. The molecule has 0 aromatic heterocycles. The van der Waals surface area contributed by atoms with Crippen molar-refractivity contribution in [2.45, 2.75) is 83.7 Å². The molecule has 8 atom stereocenters. The molecule has 0 saturated carbocycles. The van der Waals surface area contributed by atoms with Gasteiger partial charge in [-0.1, -0.05) is 39.0 Å². The molecule has 0 aliphatic heterocycles. The molecule has 170 valence electrons. The van der Waals surface area contributed by atoms with E-state index in [0.717, 1.165) is 5.57 Å². The topological polar surface area (TPSA) is 127 Å². The van der Waals surface area contributed by atoms with Crippen LogP contribution in [-0.4, -0.2) is 51.7 Å². The fraction of sp³-hybridized carbons (Fsp3) is 0.739. The summed E-state index contributed by atoms with van der Waals surface area (Å²) in [6, 6.07) is 0. The number of aliphatic hydroxyl groups is 3. The molecule has 2 aliphatic carbocycles. The van der Waals surface area contributed by atoms with Crippen molar-refractivity contribution in [3.8, 4) is 0 Å². The Balaban J connectivity index is 0.00000480. The van der Waals surface area contributed by atoms with Crippen LogP contribution in [0.4, 0.5) is 0 Å². The fourth-order valence-electron chi connectivity index (χ4n) is 4.51. The molecule has 0 radical (unpaired) electrons. The largest absolute Gasteiger partial charge is 1.00 e. The van der Waals surface area contributed by atoms with Gasteiger partial charge in [-0.25, -0.2) is 0 Å². The zero-order valence-electron chi connectivity index (χ0n) is 19.1. The number of aliphatic hydroxyl groups excluding tert-OH is 3. The van der Waals surface area contributed by atoms with E-state index in [1.54, 1.807) is 0 Å². The van der Waals surface area contributed by atoms with E-state index < -0.39 is 36.8 Å². The average molecular weight is 447 g/mol. The van der Waals surface area contributed by atoms with E-state index in [1.165, 1.54) is 0 Å². The summed E-state index contributed by atoms with van der Waals surface area (Å²) in [5.74, 6) is -1.60. The minimum absolute atomic E-state index is 0. The van der Waals surface area contributed by atoms with Gasteiger partial charge in [-0.05, 0) is 43.1 Å². The van der Waals surface area contributed by atoms with Gasteiger partial charge >= 0.3 is 35.5 Å².